The molecule has 1 saturated heterocycles. The molecule has 4 aromatic carbocycles. The average molecular weight is 565 g/mol. The van der Waals surface area contributed by atoms with Gasteiger partial charge in [0.1, 0.15) is 30.0 Å². The summed E-state index contributed by atoms with van der Waals surface area (Å²) in [6.07, 6.45) is 6.67. The van der Waals surface area contributed by atoms with Crippen LogP contribution < -0.4 is 19.7 Å². The fourth-order valence-electron chi connectivity index (χ4n) is 6.39. The quantitative estimate of drug-likeness (QED) is 0.211. The summed E-state index contributed by atoms with van der Waals surface area (Å²) in [7, 11) is 0. The van der Waals surface area contributed by atoms with Gasteiger partial charge in [-0.3, -0.25) is 0 Å². The summed E-state index contributed by atoms with van der Waals surface area (Å²) in [5, 5.41) is 3.60. The summed E-state index contributed by atoms with van der Waals surface area (Å²) < 4.78 is 26.2. The van der Waals surface area contributed by atoms with Crippen molar-refractivity contribution in [2.24, 2.45) is 0 Å². The highest BCUT2D eigenvalue weighted by atomic mass is 19.1. The topological polar surface area (TPSA) is 33.7 Å². The van der Waals surface area contributed by atoms with Crippen LogP contribution in [0.3, 0.4) is 0 Å². The number of aryl methyl sites for hydroxylation is 1. The van der Waals surface area contributed by atoms with E-state index in [0.717, 1.165) is 55.1 Å². The third kappa shape index (κ3) is 6.96. The van der Waals surface area contributed by atoms with Crippen LogP contribution in [-0.4, -0.2) is 25.2 Å². The monoisotopic (exact) mass is 564 g/mol. The summed E-state index contributed by atoms with van der Waals surface area (Å²) >= 11 is 0. The molecule has 42 heavy (non-hydrogen) atoms. The first-order valence-electron chi connectivity index (χ1n) is 15.4. The van der Waals surface area contributed by atoms with Crippen molar-refractivity contribution in [3.05, 3.63) is 125 Å². The van der Waals surface area contributed by atoms with Crippen molar-refractivity contribution in [3.8, 4) is 11.5 Å². The number of nitrogens with one attached hydrogen (secondary N) is 1. The molecule has 0 aromatic heterocycles. The third-order valence-corrected chi connectivity index (χ3v) is 8.75. The van der Waals surface area contributed by atoms with Crippen LogP contribution in [0.2, 0.25) is 0 Å². The lowest BCUT2D eigenvalue weighted by atomic mass is 9.88. The Kier molecular flexibility index (Phi) is 9.05. The highest BCUT2D eigenvalue weighted by Crippen LogP contribution is 2.38. The summed E-state index contributed by atoms with van der Waals surface area (Å²) in [5.41, 5.74) is 6.17. The lowest BCUT2D eigenvalue weighted by Gasteiger charge is -2.39. The number of anilines is 1. The first-order valence-corrected chi connectivity index (χ1v) is 15.4. The van der Waals surface area contributed by atoms with E-state index in [1.165, 1.54) is 36.0 Å². The maximum atomic E-state index is 13.8. The van der Waals surface area contributed by atoms with Gasteiger partial charge in [-0.1, -0.05) is 55.0 Å². The van der Waals surface area contributed by atoms with Gasteiger partial charge in [0, 0.05) is 18.3 Å². The van der Waals surface area contributed by atoms with Gasteiger partial charge in [0.2, 0.25) is 0 Å². The SMILES string of the molecule is CC(Oc1ccc(CCC2c3ccc(OCc4ccccc4)cc3CCN2c2ccc(F)cc2)cc1)C1CCCCN1. The van der Waals surface area contributed by atoms with Crippen LogP contribution in [0, 0.1) is 5.82 Å². The van der Waals surface area contributed by atoms with Crippen molar-refractivity contribution < 1.29 is 13.9 Å². The van der Waals surface area contributed by atoms with Crippen LogP contribution in [0.5, 0.6) is 11.5 Å². The van der Waals surface area contributed by atoms with Gasteiger partial charge in [-0.05, 0) is 116 Å². The van der Waals surface area contributed by atoms with Gasteiger partial charge in [0.15, 0.2) is 0 Å². The van der Waals surface area contributed by atoms with Gasteiger partial charge in [-0.25, -0.2) is 4.39 Å². The number of fused-ring (bicyclic) bond motifs is 1. The first-order chi connectivity index (χ1) is 20.6. The number of hydrogen-bond donors (Lipinski definition) is 1. The Labute approximate surface area is 249 Å². The van der Waals surface area contributed by atoms with Gasteiger partial charge >= 0.3 is 0 Å². The number of halogens is 1. The number of piperidine rings is 1. The van der Waals surface area contributed by atoms with E-state index >= 15 is 0 Å². The summed E-state index contributed by atoms with van der Waals surface area (Å²) in [5.74, 6) is 1.63. The molecule has 1 fully saturated rings. The van der Waals surface area contributed by atoms with E-state index in [1.807, 2.05) is 30.3 Å². The predicted molar refractivity (Wildman–Crippen MR) is 168 cm³/mol. The van der Waals surface area contributed by atoms with Crippen molar-refractivity contribution in [2.45, 2.75) is 70.2 Å². The highest BCUT2D eigenvalue weighted by Gasteiger charge is 2.28. The van der Waals surface area contributed by atoms with Crippen molar-refractivity contribution in [3.63, 3.8) is 0 Å². The molecule has 0 aliphatic carbocycles. The zero-order chi connectivity index (χ0) is 28.7. The Bertz CT molecular complexity index is 1420. The summed E-state index contributed by atoms with van der Waals surface area (Å²) in [4.78, 5) is 2.43. The molecule has 0 radical (unpaired) electrons. The maximum absolute atomic E-state index is 13.8. The fraction of sp³-hybridized carbons (Fsp3) is 0.351. The predicted octanol–water partition coefficient (Wildman–Crippen LogP) is 8.05. The molecule has 6 rings (SSSR count). The van der Waals surface area contributed by atoms with Crippen LogP contribution in [0.1, 0.15) is 60.9 Å². The molecule has 3 atom stereocenters. The van der Waals surface area contributed by atoms with Gasteiger partial charge in [0.25, 0.3) is 0 Å². The standard InChI is InChI=1S/C37H41FN2O2/c1-27(36-9-5-6-23-39-36)42-33-17-10-28(11-18-33)12-21-37-35-20-19-34(41-26-29-7-3-2-4-8-29)25-30(35)22-24-40(37)32-15-13-31(38)14-16-32/h2-4,7-8,10-11,13-20,25,27,36-37,39H,5-6,9,12,21-24,26H2,1H3. The van der Waals surface area contributed by atoms with E-state index in [0.29, 0.717) is 12.6 Å². The number of ether oxygens (including phenoxy) is 2. The molecule has 4 nitrogen and oxygen atoms in total. The molecule has 0 amide bonds. The Hall–Kier alpha value is -3.83. The highest BCUT2D eigenvalue weighted by molar-refractivity contribution is 5.53. The Morgan fingerprint density at radius 2 is 1.67 bits per heavy atom. The van der Waals surface area contributed by atoms with Crippen LogP contribution in [0.25, 0.3) is 0 Å². The molecule has 0 spiro atoms. The number of nitrogens with zero attached hydrogens (tertiary/aromatic N) is 1. The molecule has 0 saturated carbocycles. The molecule has 3 unspecified atom stereocenters. The number of hydrogen-bond acceptors (Lipinski definition) is 4. The first kappa shape index (κ1) is 28.3. The van der Waals surface area contributed by atoms with Crippen molar-refractivity contribution in [1.29, 1.82) is 0 Å². The van der Waals surface area contributed by atoms with Gasteiger partial charge in [-0.15, -0.1) is 0 Å². The molecule has 218 valence electrons. The Balaban J connectivity index is 1.16. The average Bonchev–Trinajstić information content (AvgIpc) is 3.04. The molecule has 2 heterocycles. The molecule has 4 aromatic rings. The van der Waals surface area contributed by atoms with Crippen molar-refractivity contribution >= 4 is 5.69 Å². The zero-order valence-electron chi connectivity index (χ0n) is 24.5. The van der Waals surface area contributed by atoms with Crippen LogP contribution >= 0.6 is 0 Å². The maximum Gasteiger partial charge on any atom is 0.123 e. The van der Waals surface area contributed by atoms with Crippen LogP contribution in [-0.2, 0) is 19.4 Å². The van der Waals surface area contributed by atoms with E-state index in [1.54, 1.807) is 12.1 Å². The van der Waals surface area contributed by atoms with Gasteiger partial charge in [-0.2, -0.15) is 0 Å². The van der Waals surface area contributed by atoms with E-state index in [-0.39, 0.29) is 18.0 Å². The van der Waals surface area contributed by atoms with Crippen molar-refractivity contribution in [2.75, 3.05) is 18.0 Å². The molecular formula is C37H41FN2O2. The lowest BCUT2D eigenvalue weighted by molar-refractivity contribution is 0.152. The minimum Gasteiger partial charge on any atom is -0.489 e. The summed E-state index contributed by atoms with van der Waals surface area (Å²) in [6, 6.07) is 33.0. The molecule has 0 bridgehead atoms. The molecule has 2 aliphatic heterocycles. The van der Waals surface area contributed by atoms with E-state index in [2.05, 4.69) is 71.7 Å². The van der Waals surface area contributed by atoms with Gasteiger partial charge in [0.05, 0.1) is 6.04 Å². The minimum absolute atomic E-state index is 0.153. The number of rotatable bonds is 10. The van der Waals surface area contributed by atoms with Crippen LogP contribution in [0.15, 0.2) is 97.1 Å². The fourth-order valence-corrected chi connectivity index (χ4v) is 6.39. The normalized spacial score (nSPS) is 19.1. The second-order valence-corrected chi connectivity index (χ2v) is 11.6. The largest absolute Gasteiger partial charge is 0.489 e. The zero-order valence-corrected chi connectivity index (χ0v) is 24.5. The van der Waals surface area contributed by atoms with Crippen molar-refractivity contribution in [1.82, 2.24) is 5.32 Å². The van der Waals surface area contributed by atoms with E-state index < -0.39 is 0 Å². The smallest absolute Gasteiger partial charge is 0.123 e. The number of benzene rings is 4. The molecule has 5 heteroatoms. The molecule has 1 N–H and O–H groups in total. The summed E-state index contributed by atoms with van der Waals surface area (Å²) in [6.45, 7) is 4.68. The molecule has 2 aliphatic rings. The van der Waals surface area contributed by atoms with Crippen LogP contribution in [0.4, 0.5) is 10.1 Å². The molecular weight excluding hydrogens is 523 g/mol. The van der Waals surface area contributed by atoms with E-state index in [4.69, 9.17) is 9.47 Å². The second kappa shape index (κ2) is 13.4. The minimum atomic E-state index is -0.205. The Morgan fingerprint density at radius 1 is 0.881 bits per heavy atom. The van der Waals surface area contributed by atoms with Gasteiger partial charge < -0.3 is 19.7 Å². The van der Waals surface area contributed by atoms with E-state index in [9.17, 15) is 4.39 Å². The third-order valence-electron chi connectivity index (χ3n) is 8.75. The lowest BCUT2D eigenvalue weighted by Crippen LogP contribution is -2.44. The second-order valence-electron chi connectivity index (χ2n) is 11.6. The Morgan fingerprint density at radius 3 is 2.43 bits per heavy atom.